The van der Waals surface area contributed by atoms with Crippen molar-refractivity contribution in [1.29, 1.82) is 0 Å². The molecule has 5 nitrogen and oxygen atoms in total. The van der Waals surface area contributed by atoms with Crippen LogP contribution in [0.3, 0.4) is 0 Å². The van der Waals surface area contributed by atoms with Crippen molar-refractivity contribution in [2.24, 2.45) is 5.92 Å². The van der Waals surface area contributed by atoms with Gasteiger partial charge in [0.05, 0.1) is 31.5 Å². The molecule has 2 rings (SSSR count). The highest BCUT2D eigenvalue weighted by atomic mass is 28.4. The Morgan fingerprint density at radius 2 is 2.00 bits per heavy atom. The van der Waals surface area contributed by atoms with Gasteiger partial charge in [-0.05, 0) is 68.0 Å². The van der Waals surface area contributed by atoms with E-state index in [9.17, 15) is 4.79 Å². The molecule has 4 atom stereocenters. The number of esters is 1. The summed E-state index contributed by atoms with van der Waals surface area (Å²) < 4.78 is 23.8. The molecule has 0 aromatic carbocycles. The third-order valence-corrected chi connectivity index (χ3v) is 11.9. The predicted octanol–water partition coefficient (Wildman–Crippen LogP) is 6.88. The lowest BCUT2D eigenvalue weighted by atomic mass is 9.96. The van der Waals surface area contributed by atoms with Crippen LogP contribution >= 0.6 is 0 Å². The summed E-state index contributed by atoms with van der Waals surface area (Å²) in [5, 5.41) is 0.0711. The Morgan fingerprint density at radius 1 is 1.32 bits per heavy atom. The molecule has 192 valence electrons. The lowest BCUT2D eigenvalue weighted by Crippen LogP contribution is -2.42. The number of allylic oxidation sites excluding steroid dienone is 2. The van der Waals surface area contributed by atoms with E-state index in [1.165, 1.54) is 11.1 Å². The summed E-state index contributed by atoms with van der Waals surface area (Å²) in [6.07, 6.45) is 11.0. The maximum atomic E-state index is 12.8. The van der Waals surface area contributed by atoms with Crippen LogP contribution in [0.1, 0.15) is 67.7 Å². The van der Waals surface area contributed by atoms with Gasteiger partial charge in [-0.2, -0.15) is 0 Å². The highest BCUT2D eigenvalue weighted by Crippen LogP contribution is 2.37. The molecule has 0 saturated carbocycles. The van der Waals surface area contributed by atoms with Gasteiger partial charge < -0.3 is 18.6 Å². The van der Waals surface area contributed by atoms with Crippen molar-refractivity contribution in [2.45, 2.75) is 104 Å². The van der Waals surface area contributed by atoms with Crippen LogP contribution < -0.4 is 0 Å². The molecule has 6 heteroatoms. The van der Waals surface area contributed by atoms with E-state index in [1.807, 2.05) is 6.08 Å². The van der Waals surface area contributed by atoms with Crippen molar-refractivity contribution in [3.8, 4) is 0 Å². The second-order valence-corrected chi connectivity index (χ2v) is 16.0. The number of carbonyl (C=O) groups excluding carboxylic acids is 1. The number of hydrogen-bond donors (Lipinski definition) is 0. The summed E-state index contributed by atoms with van der Waals surface area (Å²) in [4.78, 5) is 12.8. The number of methoxy groups -OCH3 is 1. The van der Waals surface area contributed by atoms with Crippen molar-refractivity contribution in [3.63, 3.8) is 0 Å². The van der Waals surface area contributed by atoms with Crippen LogP contribution in [0, 0.1) is 5.92 Å². The highest BCUT2D eigenvalue weighted by molar-refractivity contribution is 6.74. The van der Waals surface area contributed by atoms with Gasteiger partial charge in [0.25, 0.3) is 0 Å². The van der Waals surface area contributed by atoms with Crippen molar-refractivity contribution in [3.05, 3.63) is 46.8 Å². The first kappa shape index (κ1) is 28.6. The number of hydrogen-bond acceptors (Lipinski definition) is 5. The first-order valence-electron chi connectivity index (χ1n) is 12.6. The maximum Gasteiger partial charge on any atom is 0.340 e. The van der Waals surface area contributed by atoms with Gasteiger partial charge in [0, 0.05) is 6.42 Å². The zero-order chi connectivity index (χ0) is 25.7. The topological polar surface area (TPSA) is 54.0 Å². The molecule has 0 aliphatic carbocycles. The van der Waals surface area contributed by atoms with Gasteiger partial charge in [-0.25, -0.2) is 4.79 Å². The van der Waals surface area contributed by atoms with E-state index in [0.29, 0.717) is 17.8 Å². The molecule has 34 heavy (non-hydrogen) atoms. The minimum absolute atomic E-state index is 0.0711. The summed E-state index contributed by atoms with van der Waals surface area (Å²) in [6.45, 7) is 19.7. The molecule has 0 aromatic rings. The molecular weight excluding hydrogens is 444 g/mol. The Bertz CT molecular complexity index is 843. The Morgan fingerprint density at radius 3 is 2.59 bits per heavy atom. The average molecular weight is 491 g/mol. The summed E-state index contributed by atoms with van der Waals surface area (Å²) in [6, 6.07) is 0. The van der Waals surface area contributed by atoms with Gasteiger partial charge in [0.1, 0.15) is 11.9 Å². The monoisotopic (exact) mass is 490 g/mol. The van der Waals surface area contributed by atoms with E-state index in [1.54, 1.807) is 7.11 Å². The molecule has 0 fully saturated rings. The molecule has 2 aliphatic heterocycles. The standard InChI is InChI=1S/C28H46O5Si/c1-11-24-20(3)13-15-25(33-24)21(4)16-19(2)12-14-22-17-26(30-8)23(27(29)32-22)18-31-34(9,10)28(5,6)7/h12-14,16,19,22,24-25H,11,15,17-18H2,1-10H3/b14-12+,21-16+/t19-,22+,24-,25-/m1/s1. The lowest BCUT2D eigenvalue weighted by molar-refractivity contribution is -0.145. The van der Waals surface area contributed by atoms with Crippen molar-refractivity contribution in [2.75, 3.05) is 13.7 Å². The van der Waals surface area contributed by atoms with Crippen LogP contribution in [0.5, 0.6) is 0 Å². The predicted molar refractivity (Wildman–Crippen MR) is 141 cm³/mol. The molecule has 0 N–H and O–H groups in total. The summed E-state index contributed by atoms with van der Waals surface area (Å²) >= 11 is 0. The van der Waals surface area contributed by atoms with Gasteiger partial charge in [-0.15, -0.1) is 0 Å². The first-order chi connectivity index (χ1) is 15.8. The van der Waals surface area contributed by atoms with E-state index in [-0.39, 0.29) is 41.8 Å². The maximum absolute atomic E-state index is 12.8. The van der Waals surface area contributed by atoms with Gasteiger partial charge >= 0.3 is 5.97 Å². The molecule has 0 aromatic heterocycles. The molecule has 0 unspecified atom stereocenters. The molecule has 0 spiro atoms. The molecule has 0 amide bonds. The molecule has 2 heterocycles. The molecule has 2 aliphatic rings. The van der Waals surface area contributed by atoms with Crippen molar-refractivity contribution < 1.29 is 23.4 Å². The number of rotatable bonds is 9. The molecular formula is C28H46O5Si. The minimum Gasteiger partial charge on any atom is -0.500 e. The normalized spacial score (nSPS) is 25.9. The zero-order valence-electron chi connectivity index (χ0n) is 23.0. The second kappa shape index (κ2) is 11.9. The van der Waals surface area contributed by atoms with Crippen LogP contribution in [0.25, 0.3) is 0 Å². The number of carbonyl (C=O) groups is 1. The largest absolute Gasteiger partial charge is 0.500 e. The fourth-order valence-electron chi connectivity index (χ4n) is 3.97. The van der Waals surface area contributed by atoms with Crippen LogP contribution in [-0.4, -0.2) is 46.3 Å². The Kier molecular flexibility index (Phi) is 9.98. The van der Waals surface area contributed by atoms with Gasteiger partial charge in [-0.3, -0.25) is 0 Å². The van der Waals surface area contributed by atoms with E-state index in [2.05, 4.69) is 79.8 Å². The quantitative estimate of drug-likeness (QED) is 0.200. The van der Waals surface area contributed by atoms with Gasteiger partial charge in [-0.1, -0.05) is 52.8 Å². The third-order valence-electron chi connectivity index (χ3n) is 7.38. The van der Waals surface area contributed by atoms with Crippen LogP contribution in [-0.2, 0) is 23.4 Å². The Labute approximate surface area is 208 Å². The van der Waals surface area contributed by atoms with E-state index >= 15 is 0 Å². The third kappa shape index (κ3) is 7.43. The molecule has 0 bridgehead atoms. The second-order valence-electron chi connectivity index (χ2n) is 11.2. The van der Waals surface area contributed by atoms with Crippen LogP contribution in [0.2, 0.25) is 18.1 Å². The minimum atomic E-state index is -1.98. The first-order valence-corrected chi connectivity index (χ1v) is 15.5. The molecule has 0 radical (unpaired) electrons. The summed E-state index contributed by atoms with van der Waals surface area (Å²) in [5.74, 6) is 0.513. The van der Waals surface area contributed by atoms with E-state index in [0.717, 1.165) is 12.8 Å². The van der Waals surface area contributed by atoms with Crippen molar-refractivity contribution >= 4 is 14.3 Å². The van der Waals surface area contributed by atoms with Crippen LogP contribution in [0.15, 0.2) is 46.8 Å². The highest BCUT2D eigenvalue weighted by Gasteiger charge is 2.39. The Balaban J connectivity index is 2.02. The fraction of sp³-hybridized carbons (Fsp3) is 0.679. The number of cyclic esters (lactones) is 1. The smallest absolute Gasteiger partial charge is 0.340 e. The summed E-state index contributed by atoms with van der Waals surface area (Å²) in [5.41, 5.74) is 3.07. The van der Waals surface area contributed by atoms with Crippen molar-refractivity contribution in [1.82, 2.24) is 0 Å². The van der Waals surface area contributed by atoms with Gasteiger partial charge in [0.15, 0.2) is 8.32 Å². The zero-order valence-corrected chi connectivity index (χ0v) is 24.0. The van der Waals surface area contributed by atoms with E-state index < -0.39 is 8.32 Å². The fourth-order valence-corrected chi connectivity index (χ4v) is 4.90. The average Bonchev–Trinajstić information content (AvgIpc) is 2.75. The summed E-state index contributed by atoms with van der Waals surface area (Å²) in [7, 11) is -0.370. The van der Waals surface area contributed by atoms with Gasteiger partial charge in [0.2, 0.25) is 0 Å². The lowest BCUT2D eigenvalue weighted by Gasteiger charge is -2.36. The SMILES string of the molecule is CC[C@H]1O[C@@H](/C(C)=C/[C@H](C)/C=C/[C@H]2CC(OC)=C(CO[Si](C)(C)C(C)(C)C)C(=O)O2)CC=C1C. The number of ether oxygens (including phenoxy) is 3. The Hall–Kier alpha value is -1.63. The van der Waals surface area contributed by atoms with Crippen LogP contribution in [0.4, 0.5) is 0 Å². The molecule has 0 saturated heterocycles. The van der Waals surface area contributed by atoms with E-state index in [4.69, 9.17) is 18.6 Å².